The lowest BCUT2D eigenvalue weighted by Gasteiger charge is -2.37. The molecule has 1 aromatic heterocycles. The number of piperidine rings is 1. The number of carbonyl (C=O) groups excluding carboxylic acids is 2. The summed E-state index contributed by atoms with van der Waals surface area (Å²) < 4.78 is 5.34. The van der Waals surface area contributed by atoms with E-state index in [9.17, 15) is 9.59 Å². The number of anilines is 1. The summed E-state index contributed by atoms with van der Waals surface area (Å²) in [5.41, 5.74) is 5.96. The fraction of sp³-hybridized carbons (Fsp3) is 0.588. The van der Waals surface area contributed by atoms with Gasteiger partial charge in [-0.15, -0.1) is 0 Å². The number of aromatic nitrogens is 1. The van der Waals surface area contributed by atoms with E-state index in [2.05, 4.69) is 9.88 Å². The molecule has 2 N–H and O–H groups in total. The van der Waals surface area contributed by atoms with E-state index in [0.29, 0.717) is 25.3 Å². The van der Waals surface area contributed by atoms with Gasteiger partial charge < -0.3 is 20.3 Å². The molecule has 7 heteroatoms. The highest BCUT2D eigenvalue weighted by Crippen LogP contribution is 2.24. The normalized spacial score (nSPS) is 24.7. The molecule has 2 amide bonds. The Kier molecular flexibility index (Phi) is 4.99. The lowest BCUT2D eigenvalue weighted by Crippen LogP contribution is -2.48. The number of pyridine rings is 1. The van der Waals surface area contributed by atoms with Crippen LogP contribution in [0.5, 0.6) is 0 Å². The Morgan fingerprint density at radius 2 is 2.00 bits per heavy atom. The zero-order chi connectivity index (χ0) is 17.1. The van der Waals surface area contributed by atoms with Gasteiger partial charge in [-0.2, -0.15) is 0 Å². The molecule has 2 unspecified atom stereocenters. The highest BCUT2D eigenvalue weighted by molar-refractivity contribution is 5.94. The third-order valence-electron chi connectivity index (χ3n) is 4.88. The molecule has 0 aromatic carbocycles. The van der Waals surface area contributed by atoms with Crippen molar-refractivity contribution in [3.63, 3.8) is 0 Å². The molecular formula is C17H24N4O3. The number of amides is 2. The lowest BCUT2D eigenvalue weighted by atomic mass is 9.92. The summed E-state index contributed by atoms with van der Waals surface area (Å²) in [6.07, 6.45) is 3.15. The predicted octanol–water partition coefficient (Wildman–Crippen LogP) is 0.644. The van der Waals surface area contributed by atoms with Crippen LogP contribution in [0.15, 0.2) is 18.3 Å². The van der Waals surface area contributed by atoms with Crippen LogP contribution >= 0.6 is 0 Å². The summed E-state index contributed by atoms with van der Waals surface area (Å²) in [6.45, 7) is 5.41. The number of carbonyl (C=O) groups is 2. The first-order valence-corrected chi connectivity index (χ1v) is 8.45. The molecule has 0 radical (unpaired) electrons. The number of rotatable bonds is 3. The van der Waals surface area contributed by atoms with Crippen LogP contribution in [-0.4, -0.2) is 60.6 Å². The molecule has 2 aliphatic rings. The third kappa shape index (κ3) is 3.51. The second-order valence-electron chi connectivity index (χ2n) is 6.49. The van der Waals surface area contributed by atoms with Crippen molar-refractivity contribution in [3.05, 3.63) is 23.9 Å². The Hall–Kier alpha value is -2.15. The summed E-state index contributed by atoms with van der Waals surface area (Å²) in [5.74, 6) is 0.178. The van der Waals surface area contributed by atoms with E-state index in [1.807, 2.05) is 13.0 Å². The topological polar surface area (TPSA) is 88.8 Å². The van der Waals surface area contributed by atoms with Gasteiger partial charge in [-0.25, -0.2) is 4.98 Å². The van der Waals surface area contributed by atoms with Gasteiger partial charge in [-0.1, -0.05) is 0 Å². The van der Waals surface area contributed by atoms with Crippen molar-refractivity contribution in [2.75, 3.05) is 37.7 Å². The maximum Gasteiger partial charge on any atom is 0.255 e. The number of hydrogen-bond acceptors (Lipinski definition) is 5. The average Bonchev–Trinajstić information content (AvgIpc) is 2.62. The smallest absolute Gasteiger partial charge is 0.255 e. The molecule has 3 rings (SSSR count). The quantitative estimate of drug-likeness (QED) is 0.878. The molecule has 2 atom stereocenters. The van der Waals surface area contributed by atoms with E-state index in [0.717, 1.165) is 31.7 Å². The van der Waals surface area contributed by atoms with Crippen molar-refractivity contribution in [1.29, 1.82) is 0 Å². The van der Waals surface area contributed by atoms with Gasteiger partial charge in [0.05, 0.1) is 24.7 Å². The Bertz CT molecular complexity index is 598. The van der Waals surface area contributed by atoms with Crippen molar-refractivity contribution >= 4 is 17.6 Å². The van der Waals surface area contributed by atoms with E-state index in [1.54, 1.807) is 17.2 Å². The van der Waals surface area contributed by atoms with E-state index >= 15 is 0 Å². The Balaban J connectivity index is 1.70. The van der Waals surface area contributed by atoms with Gasteiger partial charge in [-0.3, -0.25) is 9.59 Å². The molecule has 7 nitrogen and oxygen atoms in total. The average molecular weight is 332 g/mol. The molecular weight excluding hydrogens is 308 g/mol. The lowest BCUT2D eigenvalue weighted by molar-refractivity contribution is -0.123. The number of likely N-dealkylation sites (tertiary alicyclic amines) is 1. The van der Waals surface area contributed by atoms with Gasteiger partial charge >= 0.3 is 0 Å². The molecule has 3 heterocycles. The fourth-order valence-corrected chi connectivity index (χ4v) is 3.28. The minimum Gasteiger partial charge on any atom is -0.378 e. The first-order chi connectivity index (χ1) is 11.6. The zero-order valence-electron chi connectivity index (χ0n) is 14.0. The van der Waals surface area contributed by atoms with Gasteiger partial charge in [0.2, 0.25) is 5.91 Å². The maximum atomic E-state index is 12.8. The molecule has 0 spiro atoms. The largest absolute Gasteiger partial charge is 0.378 e. The first-order valence-electron chi connectivity index (χ1n) is 8.45. The Morgan fingerprint density at radius 1 is 1.25 bits per heavy atom. The summed E-state index contributed by atoms with van der Waals surface area (Å²) in [5, 5.41) is 0. The summed E-state index contributed by atoms with van der Waals surface area (Å²) >= 11 is 0. The third-order valence-corrected chi connectivity index (χ3v) is 4.88. The van der Waals surface area contributed by atoms with Crippen LogP contribution in [0.1, 0.15) is 30.1 Å². The SMILES string of the molecule is CC1CCC(C(N)=O)CN1C(=O)c1ccc(N2CCOCC2)nc1. The van der Waals surface area contributed by atoms with Gasteiger partial charge in [0.1, 0.15) is 5.82 Å². The minimum absolute atomic E-state index is 0.0884. The monoisotopic (exact) mass is 332 g/mol. The second-order valence-corrected chi connectivity index (χ2v) is 6.49. The van der Waals surface area contributed by atoms with Crippen LogP contribution < -0.4 is 10.6 Å². The molecule has 2 saturated heterocycles. The molecule has 0 saturated carbocycles. The van der Waals surface area contributed by atoms with Crippen molar-refractivity contribution in [2.45, 2.75) is 25.8 Å². The number of primary amides is 1. The van der Waals surface area contributed by atoms with E-state index in [4.69, 9.17) is 10.5 Å². The van der Waals surface area contributed by atoms with Crippen molar-refractivity contribution in [2.24, 2.45) is 11.7 Å². The number of nitrogens with zero attached hydrogens (tertiary/aromatic N) is 3. The van der Waals surface area contributed by atoms with Crippen LogP contribution in [0, 0.1) is 5.92 Å². The molecule has 2 aliphatic heterocycles. The number of morpholine rings is 1. The molecule has 24 heavy (non-hydrogen) atoms. The Morgan fingerprint density at radius 3 is 2.62 bits per heavy atom. The van der Waals surface area contributed by atoms with Gasteiger partial charge in [0, 0.05) is 31.9 Å². The van der Waals surface area contributed by atoms with Gasteiger partial charge in [-0.05, 0) is 31.9 Å². The van der Waals surface area contributed by atoms with Crippen LogP contribution in [0.4, 0.5) is 5.82 Å². The standard InChI is InChI=1S/C17H24N4O3/c1-12-2-3-14(16(18)22)11-21(12)17(23)13-4-5-15(19-10-13)20-6-8-24-9-7-20/h4-5,10,12,14H,2-3,6-9,11H2,1H3,(H2,18,22). The fourth-order valence-electron chi connectivity index (χ4n) is 3.28. The summed E-state index contributed by atoms with van der Waals surface area (Å²) in [4.78, 5) is 32.5. The summed E-state index contributed by atoms with van der Waals surface area (Å²) in [6, 6.07) is 3.78. The van der Waals surface area contributed by atoms with Crippen LogP contribution in [0.25, 0.3) is 0 Å². The highest BCUT2D eigenvalue weighted by atomic mass is 16.5. The Labute approximate surface area is 141 Å². The van der Waals surface area contributed by atoms with Crippen molar-refractivity contribution in [1.82, 2.24) is 9.88 Å². The first kappa shape index (κ1) is 16.7. The van der Waals surface area contributed by atoms with Gasteiger partial charge in [0.15, 0.2) is 0 Å². The van der Waals surface area contributed by atoms with Crippen LogP contribution in [-0.2, 0) is 9.53 Å². The number of hydrogen-bond donors (Lipinski definition) is 1. The van der Waals surface area contributed by atoms with Crippen molar-refractivity contribution in [3.8, 4) is 0 Å². The number of ether oxygens (including phenoxy) is 1. The summed E-state index contributed by atoms with van der Waals surface area (Å²) in [7, 11) is 0. The van der Waals surface area contributed by atoms with E-state index in [1.165, 1.54) is 0 Å². The molecule has 0 bridgehead atoms. The molecule has 130 valence electrons. The molecule has 0 aliphatic carbocycles. The van der Waals surface area contributed by atoms with Gasteiger partial charge in [0.25, 0.3) is 5.91 Å². The van der Waals surface area contributed by atoms with E-state index in [-0.39, 0.29) is 23.8 Å². The highest BCUT2D eigenvalue weighted by Gasteiger charge is 2.32. The predicted molar refractivity (Wildman–Crippen MR) is 89.7 cm³/mol. The maximum absolute atomic E-state index is 12.8. The van der Waals surface area contributed by atoms with Crippen molar-refractivity contribution < 1.29 is 14.3 Å². The minimum atomic E-state index is -0.333. The van der Waals surface area contributed by atoms with E-state index < -0.39 is 0 Å². The number of nitrogens with two attached hydrogens (primary N) is 1. The zero-order valence-corrected chi connectivity index (χ0v) is 14.0. The van der Waals surface area contributed by atoms with Crippen LogP contribution in [0.3, 0.4) is 0 Å². The molecule has 1 aromatic rings. The molecule has 2 fully saturated rings. The second kappa shape index (κ2) is 7.17. The van der Waals surface area contributed by atoms with Crippen LogP contribution in [0.2, 0.25) is 0 Å².